The van der Waals surface area contributed by atoms with Gasteiger partial charge in [0.05, 0.1) is 24.3 Å². The first-order chi connectivity index (χ1) is 15.7. The van der Waals surface area contributed by atoms with Gasteiger partial charge in [-0.1, -0.05) is 30.3 Å². The second kappa shape index (κ2) is 10.5. The van der Waals surface area contributed by atoms with Crippen LogP contribution in [0.15, 0.2) is 54.1 Å². The van der Waals surface area contributed by atoms with Crippen LogP contribution in [0.4, 0.5) is 0 Å². The Morgan fingerprint density at radius 3 is 2.52 bits per heavy atom. The van der Waals surface area contributed by atoms with Gasteiger partial charge in [0.2, 0.25) is 0 Å². The van der Waals surface area contributed by atoms with E-state index in [1.165, 1.54) is 4.90 Å². The van der Waals surface area contributed by atoms with Gasteiger partial charge in [-0.2, -0.15) is 0 Å². The lowest BCUT2D eigenvalue weighted by Gasteiger charge is -2.28. The van der Waals surface area contributed by atoms with Crippen LogP contribution in [0, 0.1) is 0 Å². The number of Topliss-reactive ketones (excluding diaryl/α,β-unsaturated/α-hetero) is 1. The van der Waals surface area contributed by atoms with Crippen LogP contribution in [0.25, 0.3) is 5.76 Å². The van der Waals surface area contributed by atoms with Gasteiger partial charge in [-0.25, -0.2) is 0 Å². The van der Waals surface area contributed by atoms with Gasteiger partial charge < -0.3 is 24.4 Å². The topological polar surface area (TPSA) is 79.3 Å². The van der Waals surface area contributed by atoms with Crippen molar-refractivity contribution in [3.8, 4) is 11.5 Å². The third-order valence-electron chi connectivity index (χ3n) is 5.32. The molecule has 1 saturated heterocycles. The summed E-state index contributed by atoms with van der Waals surface area (Å²) < 4.78 is 11.5. The minimum absolute atomic E-state index is 0.0483. The minimum atomic E-state index is -0.768. The standard InChI is InChI=1S/C26H32N2O5/c1-6-32-19-11-9-10-18(16-19)24(29)22-23(20-12-7-8-13-21(20)33-17(2)3)28(15-14-27(4)5)26(31)25(22)30/h7-13,16-17,23,29H,6,14-15H2,1-5H3/b24-22-. The molecule has 1 heterocycles. The lowest BCUT2D eigenvalue weighted by molar-refractivity contribution is -0.140. The van der Waals surface area contributed by atoms with E-state index in [9.17, 15) is 14.7 Å². The summed E-state index contributed by atoms with van der Waals surface area (Å²) in [5.74, 6) is -0.431. The van der Waals surface area contributed by atoms with E-state index in [0.29, 0.717) is 42.3 Å². The molecule has 1 fully saturated rings. The highest BCUT2D eigenvalue weighted by Gasteiger charge is 2.47. The first-order valence-corrected chi connectivity index (χ1v) is 11.2. The third-order valence-corrected chi connectivity index (χ3v) is 5.32. The number of carbonyl (C=O) groups excluding carboxylic acids is 2. The van der Waals surface area contributed by atoms with Crippen molar-refractivity contribution in [3.05, 3.63) is 65.2 Å². The fourth-order valence-corrected chi connectivity index (χ4v) is 3.86. The lowest BCUT2D eigenvalue weighted by atomic mass is 9.94. The van der Waals surface area contributed by atoms with Gasteiger partial charge in [0.25, 0.3) is 11.7 Å². The van der Waals surface area contributed by atoms with Crippen molar-refractivity contribution in [2.45, 2.75) is 32.9 Å². The maximum Gasteiger partial charge on any atom is 0.295 e. The van der Waals surface area contributed by atoms with Crippen molar-refractivity contribution < 1.29 is 24.2 Å². The zero-order valence-corrected chi connectivity index (χ0v) is 19.9. The molecule has 1 amide bonds. The second-order valence-electron chi connectivity index (χ2n) is 8.46. The van der Waals surface area contributed by atoms with Crippen LogP contribution >= 0.6 is 0 Å². The molecule has 0 saturated carbocycles. The lowest BCUT2D eigenvalue weighted by Crippen LogP contribution is -2.35. The third kappa shape index (κ3) is 5.37. The summed E-state index contributed by atoms with van der Waals surface area (Å²) in [7, 11) is 3.81. The molecule has 1 unspecified atom stereocenters. The van der Waals surface area contributed by atoms with Crippen molar-refractivity contribution in [2.24, 2.45) is 0 Å². The number of benzene rings is 2. The molecule has 0 bridgehead atoms. The van der Waals surface area contributed by atoms with E-state index < -0.39 is 17.7 Å². The molecular formula is C26H32N2O5. The van der Waals surface area contributed by atoms with Crippen LogP contribution in [0.2, 0.25) is 0 Å². The molecule has 7 heteroatoms. The summed E-state index contributed by atoms with van der Waals surface area (Å²) in [6.45, 7) is 7.07. The van der Waals surface area contributed by atoms with E-state index in [1.807, 2.05) is 64.0 Å². The number of carbonyl (C=O) groups is 2. The van der Waals surface area contributed by atoms with Gasteiger partial charge >= 0.3 is 0 Å². The highest BCUT2D eigenvalue weighted by molar-refractivity contribution is 6.46. The molecule has 0 aliphatic carbocycles. The normalized spacial score (nSPS) is 17.8. The summed E-state index contributed by atoms with van der Waals surface area (Å²) in [4.78, 5) is 29.8. The Kier molecular flexibility index (Phi) is 7.76. The molecule has 176 valence electrons. The van der Waals surface area contributed by atoms with E-state index >= 15 is 0 Å². The number of aliphatic hydroxyl groups excluding tert-OH is 1. The molecule has 33 heavy (non-hydrogen) atoms. The SMILES string of the molecule is CCOc1cccc(/C(O)=C2/C(=O)C(=O)N(CCN(C)C)C2c2ccccc2OC(C)C)c1. The maximum absolute atomic E-state index is 13.2. The number of ether oxygens (including phenoxy) is 2. The Morgan fingerprint density at radius 2 is 1.85 bits per heavy atom. The number of rotatable bonds is 9. The van der Waals surface area contributed by atoms with Crippen LogP contribution < -0.4 is 9.47 Å². The van der Waals surface area contributed by atoms with Gasteiger partial charge in [0.1, 0.15) is 17.3 Å². The van der Waals surface area contributed by atoms with Crippen LogP contribution in [0.3, 0.4) is 0 Å². The number of aliphatic hydroxyl groups is 1. The largest absolute Gasteiger partial charge is 0.507 e. The van der Waals surface area contributed by atoms with Crippen LogP contribution in [0.5, 0.6) is 11.5 Å². The Bertz CT molecular complexity index is 1040. The predicted molar refractivity (Wildman–Crippen MR) is 127 cm³/mol. The monoisotopic (exact) mass is 452 g/mol. The summed E-state index contributed by atoms with van der Waals surface area (Å²) in [6.07, 6.45) is -0.0990. The van der Waals surface area contributed by atoms with E-state index in [-0.39, 0.29) is 17.4 Å². The first kappa shape index (κ1) is 24.3. The number of hydrogen-bond donors (Lipinski definition) is 1. The van der Waals surface area contributed by atoms with Crippen LogP contribution in [0.1, 0.15) is 37.9 Å². The van der Waals surface area contributed by atoms with Gasteiger partial charge in [-0.05, 0) is 53.1 Å². The van der Waals surface area contributed by atoms with Crippen molar-refractivity contribution >= 4 is 17.4 Å². The molecule has 2 aromatic carbocycles. The van der Waals surface area contributed by atoms with Crippen LogP contribution in [-0.4, -0.2) is 66.5 Å². The van der Waals surface area contributed by atoms with Gasteiger partial charge in [-0.15, -0.1) is 0 Å². The molecule has 0 aromatic heterocycles. The summed E-state index contributed by atoms with van der Waals surface area (Å²) >= 11 is 0. The van der Waals surface area contributed by atoms with Crippen molar-refractivity contribution in [1.82, 2.24) is 9.80 Å². The zero-order valence-electron chi connectivity index (χ0n) is 19.9. The predicted octanol–water partition coefficient (Wildman–Crippen LogP) is 3.86. The summed E-state index contributed by atoms with van der Waals surface area (Å²) in [6, 6.07) is 13.4. The molecule has 1 N–H and O–H groups in total. The second-order valence-corrected chi connectivity index (χ2v) is 8.46. The Balaban J connectivity index is 2.19. The molecule has 0 radical (unpaired) electrons. The van der Waals surface area contributed by atoms with Crippen molar-refractivity contribution in [2.75, 3.05) is 33.8 Å². The van der Waals surface area contributed by atoms with E-state index in [4.69, 9.17) is 9.47 Å². The van der Waals surface area contributed by atoms with Gasteiger partial charge in [0, 0.05) is 24.2 Å². The summed E-state index contributed by atoms with van der Waals surface area (Å²) in [5.41, 5.74) is 1.12. The Labute approximate surface area is 195 Å². The molecule has 1 aliphatic rings. The minimum Gasteiger partial charge on any atom is -0.507 e. The van der Waals surface area contributed by atoms with Crippen molar-refractivity contribution in [3.63, 3.8) is 0 Å². The molecule has 3 rings (SSSR count). The van der Waals surface area contributed by atoms with Crippen molar-refractivity contribution in [1.29, 1.82) is 0 Å². The Hall–Kier alpha value is -3.32. The number of ketones is 1. The smallest absolute Gasteiger partial charge is 0.295 e. The molecular weight excluding hydrogens is 420 g/mol. The average Bonchev–Trinajstić information content (AvgIpc) is 3.02. The molecule has 1 atom stereocenters. The number of likely N-dealkylation sites (N-methyl/N-ethyl adjacent to an activating group) is 1. The first-order valence-electron chi connectivity index (χ1n) is 11.2. The van der Waals surface area contributed by atoms with E-state index in [2.05, 4.69) is 0 Å². The average molecular weight is 453 g/mol. The zero-order chi connectivity index (χ0) is 24.1. The number of nitrogens with zero attached hydrogens (tertiary/aromatic N) is 2. The van der Waals surface area contributed by atoms with Gasteiger partial charge in [-0.3, -0.25) is 9.59 Å². The highest BCUT2D eigenvalue weighted by Crippen LogP contribution is 2.43. The number of hydrogen-bond acceptors (Lipinski definition) is 6. The fraction of sp³-hybridized carbons (Fsp3) is 0.385. The number of likely N-dealkylation sites (tertiary alicyclic amines) is 1. The van der Waals surface area contributed by atoms with Crippen LogP contribution in [-0.2, 0) is 9.59 Å². The number of amides is 1. The van der Waals surface area contributed by atoms with Gasteiger partial charge in [0.15, 0.2) is 0 Å². The molecule has 7 nitrogen and oxygen atoms in total. The van der Waals surface area contributed by atoms with E-state index in [0.717, 1.165) is 0 Å². The molecule has 1 aliphatic heterocycles. The van der Waals surface area contributed by atoms with E-state index in [1.54, 1.807) is 24.3 Å². The summed E-state index contributed by atoms with van der Waals surface area (Å²) in [5, 5.41) is 11.3. The molecule has 0 spiro atoms. The molecule has 2 aromatic rings. The fourth-order valence-electron chi connectivity index (χ4n) is 3.86. The number of para-hydroxylation sites is 1. The maximum atomic E-state index is 13.2. The highest BCUT2D eigenvalue weighted by atomic mass is 16.5. The quantitative estimate of drug-likeness (QED) is 0.354. The Morgan fingerprint density at radius 1 is 1.12 bits per heavy atom.